The third kappa shape index (κ3) is 2.68. The van der Waals surface area contributed by atoms with E-state index in [1.165, 1.54) is 28.9 Å². The van der Waals surface area contributed by atoms with Crippen molar-refractivity contribution in [2.24, 2.45) is 0 Å². The highest BCUT2D eigenvalue weighted by molar-refractivity contribution is 7.99. The van der Waals surface area contributed by atoms with Crippen LogP contribution in [0.3, 0.4) is 0 Å². The van der Waals surface area contributed by atoms with E-state index in [1.54, 1.807) is 6.08 Å². The van der Waals surface area contributed by atoms with E-state index in [2.05, 4.69) is 22.6 Å². The van der Waals surface area contributed by atoms with Gasteiger partial charge in [0.15, 0.2) is 6.23 Å². The highest BCUT2D eigenvalue weighted by Gasteiger charge is 2.44. The van der Waals surface area contributed by atoms with Crippen molar-refractivity contribution in [3.63, 3.8) is 0 Å². The van der Waals surface area contributed by atoms with Gasteiger partial charge in [0.25, 0.3) is 0 Å². The maximum Gasteiger partial charge on any atom is 0.164 e. The van der Waals surface area contributed by atoms with Crippen LogP contribution in [-0.4, -0.2) is 60.5 Å². The molecular formula is C15H16N4O4S. The quantitative estimate of drug-likeness (QED) is 0.397. The third-order valence-corrected chi connectivity index (χ3v) is 4.81. The summed E-state index contributed by atoms with van der Waals surface area (Å²) >= 11 is 1.42. The predicted molar refractivity (Wildman–Crippen MR) is 86.2 cm³/mol. The Balaban J connectivity index is 2.10. The van der Waals surface area contributed by atoms with E-state index in [4.69, 9.17) is 4.74 Å². The van der Waals surface area contributed by atoms with Crippen molar-refractivity contribution in [3.8, 4) is 6.07 Å². The molecule has 0 aromatic carbocycles. The summed E-state index contributed by atoms with van der Waals surface area (Å²) in [6.07, 6.45) is 0.291. The van der Waals surface area contributed by atoms with Crippen molar-refractivity contribution in [2.75, 3.05) is 12.4 Å². The maximum absolute atomic E-state index is 10.2. The molecule has 3 heterocycles. The Morgan fingerprint density at radius 3 is 2.83 bits per heavy atom. The zero-order valence-corrected chi connectivity index (χ0v) is 13.4. The number of nitrogens with zero attached hydrogens (tertiary/aromatic N) is 4. The van der Waals surface area contributed by atoms with Gasteiger partial charge in [-0.15, -0.1) is 18.3 Å². The number of thioether (sulfide) groups is 1. The number of aromatic nitrogens is 3. The first kappa shape index (κ1) is 16.9. The minimum atomic E-state index is -1.25. The fourth-order valence-corrected chi connectivity index (χ4v) is 3.44. The normalized spacial score (nSPS) is 26.6. The molecule has 4 atom stereocenters. The molecule has 24 heavy (non-hydrogen) atoms. The van der Waals surface area contributed by atoms with Gasteiger partial charge in [0.1, 0.15) is 41.4 Å². The number of hydrogen-bond acceptors (Lipinski definition) is 8. The minimum absolute atomic E-state index is 0.343. The van der Waals surface area contributed by atoms with Gasteiger partial charge < -0.3 is 24.6 Å². The molecule has 0 radical (unpaired) electrons. The lowest BCUT2D eigenvalue weighted by molar-refractivity contribution is -0.0508. The lowest BCUT2D eigenvalue weighted by atomic mass is 10.1. The number of ether oxygens (including phenoxy) is 1. The first-order valence-electron chi connectivity index (χ1n) is 7.24. The smallest absolute Gasteiger partial charge is 0.164 e. The van der Waals surface area contributed by atoms with Crippen LogP contribution in [0.5, 0.6) is 0 Å². The van der Waals surface area contributed by atoms with E-state index >= 15 is 0 Å². The second-order valence-corrected chi connectivity index (χ2v) is 6.28. The molecule has 0 bridgehead atoms. The molecule has 1 fully saturated rings. The Morgan fingerprint density at radius 1 is 1.42 bits per heavy atom. The summed E-state index contributed by atoms with van der Waals surface area (Å²) in [7, 11) is 0. The first-order chi connectivity index (χ1) is 11.6. The van der Waals surface area contributed by atoms with Crippen LogP contribution >= 0.6 is 11.8 Å². The highest BCUT2D eigenvalue weighted by Crippen LogP contribution is 2.35. The van der Waals surface area contributed by atoms with Gasteiger partial charge in [-0.2, -0.15) is 5.26 Å². The van der Waals surface area contributed by atoms with Crippen molar-refractivity contribution < 1.29 is 20.1 Å². The maximum atomic E-state index is 10.2. The molecule has 1 aliphatic rings. The van der Waals surface area contributed by atoms with Crippen LogP contribution in [0.1, 0.15) is 11.8 Å². The first-order valence-corrected chi connectivity index (χ1v) is 8.22. The molecule has 3 N–H and O–H groups in total. The molecule has 1 saturated heterocycles. The van der Waals surface area contributed by atoms with Gasteiger partial charge in [0.2, 0.25) is 0 Å². The molecular weight excluding hydrogens is 332 g/mol. The third-order valence-electron chi connectivity index (χ3n) is 3.82. The topological polar surface area (TPSA) is 124 Å². The van der Waals surface area contributed by atoms with Gasteiger partial charge >= 0.3 is 0 Å². The summed E-state index contributed by atoms with van der Waals surface area (Å²) in [6, 6.07) is 2.09. The van der Waals surface area contributed by atoms with E-state index < -0.39 is 31.1 Å². The molecule has 0 unspecified atom stereocenters. The number of rotatable bonds is 5. The van der Waals surface area contributed by atoms with Gasteiger partial charge in [0, 0.05) is 11.9 Å². The summed E-state index contributed by atoms with van der Waals surface area (Å²) in [5.41, 5.74) is 0.762. The fraction of sp³-hybridized carbons (Fsp3) is 0.400. The fourth-order valence-electron chi connectivity index (χ4n) is 2.69. The second-order valence-electron chi connectivity index (χ2n) is 5.27. The van der Waals surface area contributed by atoms with Crippen LogP contribution < -0.4 is 0 Å². The van der Waals surface area contributed by atoms with Crippen LogP contribution in [0, 0.1) is 11.3 Å². The van der Waals surface area contributed by atoms with E-state index in [-0.39, 0.29) is 0 Å². The highest BCUT2D eigenvalue weighted by atomic mass is 32.2. The van der Waals surface area contributed by atoms with Gasteiger partial charge in [-0.3, -0.25) is 0 Å². The van der Waals surface area contributed by atoms with E-state index in [1.807, 2.05) is 0 Å². The van der Waals surface area contributed by atoms with Crippen LogP contribution in [0.25, 0.3) is 11.0 Å². The lowest BCUT2D eigenvalue weighted by Crippen LogP contribution is -2.33. The number of aliphatic hydroxyl groups excluding tert-OH is 3. The zero-order valence-electron chi connectivity index (χ0n) is 12.6. The lowest BCUT2D eigenvalue weighted by Gasteiger charge is -2.17. The predicted octanol–water partition coefficient (Wildman–Crippen LogP) is 0.193. The van der Waals surface area contributed by atoms with Crippen LogP contribution in [0.15, 0.2) is 30.2 Å². The van der Waals surface area contributed by atoms with Crippen molar-refractivity contribution in [1.29, 1.82) is 5.26 Å². The molecule has 0 aliphatic carbocycles. The Bertz CT molecular complexity index is 803. The number of hydrogen-bond donors (Lipinski definition) is 3. The van der Waals surface area contributed by atoms with Crippen LogP contribution in [0.2, 0.25) is 0 Å². The molecule has 2 aromatic heterocycles. The van der Waals surface area contributed by atoms with Gasteiger partial charge in [0.05, 0.1) is 17.6 Å². The van der Waals surface area contributed by atoms with Crippen molar-refractivity contribution >= 4 is 22.8 Å². The van der Waals surface area contributed by atoms with Gasteiger partial charge in [-0.1, -0.05) is 6.08 Å². The summed E-state index contributed by atoms with van der Waals surface area (Å²) in [5, 5.41) is 40.0. The standard InChI is InChI=1S/C15H16N4O4S/c1-2-3-24-14-10-8(4-16)5-19(13(10)17-7-18-14)15-12(22)11(21)9(6-20)23-15/h2,5,7,9,11-12,15,20-22H,1,3,6H2/t9-,11+,12+,15-/m0/s1. The molecule has 9 heteroatoms. The number of nitriles is 1. The van der Waals surface area contributed by atoms with Crippen LogP contribution in [0.4, 0.5) is 0 Å². The molecule has 1 aliphatic heterocycles. The van der Waals surface area contributed by atoms with Crippen molar-refractivity contribution in [2.45, 2.75) is 29.6 Å². The average molecular weight is 348 g/mol. The van der Waals surface area contributed by atoms with Crippen LogP contribution in [-0.2, 0) is 4.74 Å². The molecule has 2 aromatic rings. The largest absolute Gasteiger partial charge is 0.394 e. The Hall–Kier alpha value is -1.96. The van der Waals surface area contributed by atoms with Crippen molar-refractivity contribution in [3.05, 3.63) is 30.7 Å². The molecule has 0 saturated carbocycles. The summed E-state index contributed by atoms with van der Waals surface area (Å²) in [6.45, 7) is 3.24. The minimum Gasteiger partial charge on any atom is -0.394 e. The van der Waals surface area contributed by atoms with Gasteiger partial charge in [-0.05, 0) is 0 Å². The molecule has 0 amide bonds. The molecule has 126 valence electrons. The Kier molecular flexibility index (Phi) is 4.84. The Labute approximate surface area is 142 Å². The summed E-state index contributed by atoms with van der Waals surface area (Å²) in [5.74, 6) is 0.621. The van der Waals surface area contributed by atoms with E-state index in [0.29, 0.717) is 27.4 Å². The molecule has 0 spiro atoms. The van der Waals surface area contributed by atoms with E-state index in [9.17, 15) is 20.6 Å². The van der Waals surface area contributed by atoms with Gasteiger partial charge in [-0.25, -0.2) is 9.97 Å². The molecule has 3 rings (SSSR count). The molecule has 8 nitrogen and oxygen atoms in total. The SMILES string of the molecule is C=CCSc1ncnc2c1c(C#N)cn2[C@H]1O[C@@H](CO)[C@@H](O)[C@H]1O. The monoisotopic (exact) mass is 348 g/mol. The van der Waals surface area contributed by atoms with E-state index in [0.717, 1.165) is 0 Å². The van der Waals surface area contributed by atoms with Crippen molar-refractivity contribution in [1.82, 2.24) is 14.5 Å². The average Bonchev–Trinajstić information content (AvgIpc) is 3.11. The number of aliphatic hydroxyl groups is 3. The summed E-state index contributed by atoms with van der Waals surface area (Å²) in [4.78, 5) is 8.40. The Morgan fingerprint density at radius 2 is 2.21 bits per heavy atom. The number of fused-ring (bicyclic) bond motifs is 1. The summed E-state index contributed by atoms with van der Waals surface area (Å²) < 4.78 is 7.03. The second kappa shape index (κ2) is 6.88. The zero-order chi connectivity index (χ0) is 17.3.